The van der Waals surface area contributed by atoms with Crippen molar-refractivity contribution < 1.29 is 17.6 Å². The molecule has 0 aliphatic rings. The monoisotopic (exact) mass is 398 g/mol. The van der Waals surface area contributed by atoms with Gasteiger partial charge in [0.2, 0.25) is 0 Å². The van der Waals surface area contributed by atoms with Gasteiger partial charge in [-0.25, -0.2) is 12.8 Å². The molecule has 0 aliphatic carbocycles. The lowest BCUT2D eigenvalue weighted by Gasteiger charge is -2.19. The molecule has 0 spiro atoms. The zero-order valence-corrected chi connectivity index (χ0v) is 16.0. The molecule has 0 unspecified atom stereocenters. The molecule has 1 N–H and O–H groups in total. The Morgan fingerprint density at radius 2 is 1.75 bits per heavy atom. The van der Waals surface area contributed by atoms with Crippen molar-refractivity contribution in [3.63, 3.8) is 0 Å². The van der Waals surface area contributed by atoms with E-state index < -0.39 is 20.9 Å². The third-order valence-electron chi connectivity index (χ3n) is 4.33. The fraction of sp³-hybridized carbons (Fsp3) is 0.143. The number of halogens is 1. The third-order valence-corrected chi connectivity index (χ3v) is 6.45. The summed E-state index contributed by atoms with van der Waals surface area (Å²) in [6.45, 7) is 1.77. The number of hydrogen-bond donors (Lipinski definition) is 1. The minimum atomic E-state index is -3.88. The maximum absolute atomic E-state index is 13.2. The van der Waals surface area contributed by atoms with E-state index in [2.05, 4.69) is 10.3 Å². The molecule has 2 aromatic carbocycles. The number of aryl methyl sites for hydroxylation is 1. The van der Waals surface area contributed by atoms with Crippen molar-refractivity contribution in [1.29, 1.82) is 0 Å². The molecule has 0 fully saturated rings. The van der Waals surface area contributed by atoms with Gasteiger partial charge >= 0.3 is 0 Å². The van der Waals surface area contributed by atoms with E-state index in [4.69, 9.17) is 0 Å². The van der Waals surface area contributed by atoms with E-state index in [-0.39, 0.29) is 17.3 Å². The predicted octanol–water partition coefficient (Wildman–Crippen LogP) is 3.47. The molecule has 7 heteroatoms. The largest absolute Gasteiger partial charge is 0.350 e. The Morgan fingerprint density at radius 1 is 1.07 bits per heavy atom. The molecule has 1 heterocycles. The number of carbonyl (C=O) groups excluding carboxylic acids is 1. The van der Waals surface area contributed by atoms with Gasteiger partial charge in [-0.3, -0.25) is 9.78 Å². The van der Waals surface area contributed by atoms with Crippen LogP contribution in [0.25, 0.3) is 0 Å². The first kappa shape index (κ1) is 19.7. The van der Waals surface area contributed by atoms with Crippen LogP contribution in [0.5, 0.6) is 0 Å². The minimum Gasteiger partial charge on any atom is -0.350 e. The summed E-state index contributed by atoms with van der Waals surface area (Å²) < 4.78 is 39.5. The zero-order valence-electron chi connectivity index (χ0n) is 15.2. The first-order valence-corrected chi connectivity index (χ1v) is 10.2. The quantitative estimate of drug-likeness (QED) is 0.645. The Balaban J connectivity index is 1.88. The van der Waals surface area contributed by atoms with Gasteiger partial charge in [0, 0.05) is 24.5 Å². The Morgan fingerprint density at radius 3 is 2.36 bits per heavy atom. The number of hydrogen-bond acceptors (Lipinski definition) is 4. The molecule has 1 amide bonds. The highest BCUT2D eigenvalue weighted by Crippen LogP contribution is 2.28. The Bertz CT molecular complexity index is 1050. The molecule has 28 heavy (non-hydrogen) atoms. The number of benzene rings is 2. The first-order chi connectivity index (χ1) is 13.4. The van der Waals surface area contributed by atoms with Gasteiger partial charge < -0.3 is 5.32 Å². The highest BCUT2D eigenvalue weighted by Gasteiger charge is 2.30. The summed E-state index contributed by atoms with van der Waals surface area (Å²) in [5, 5.41) is 1.63. The zero-order chi connectivity index (χ0) is 20.1. The SMILES string of the molecule is Cc1ccc(C(=O)NC[C@H](c2cccnc2)S(=O)(=O)c2ccc(F)cc2)cc1. The lowest BCUT2D eigenvalue weighted by molar-refractivity contribution is 0.0953. The van der Waals surface area contributed by atoms with Gasteiger partial charge in [0.25, 0.3) is 5.91 Å². The number of pyridine rings is 1. The van der Waals surface area contributed by atoms with Crippen molar-refractivity contribution >= 4 is 15.7 Å². The molecule has 1 atom stereocenters. The molecule has 1 aromatic heterocycles. The van der Waals surface area contributed by atoms with Crippen LogP contribution in [0.1, 0.15) is 26.7 Å². The second-order valence-electron chi connectivity index (χ2n) is 6.35. The van der Waals surface area contributed by atoms with E-state index >= 15 is 0 Å². The van der Waals surface area contributed by atoms with Gasteiger partial charge in [0.05, 0.1) is 4.90 Å². The maximum Gasteiger partial charge on any atom is 0.251 e. The second-order valence-corrected chi connectivity index (χ2v) is 8.48. The Kier molecular flexibility index (Phi) is 5.84. The van der Waals surface area contributed by atoms with Crippen molar-refractivity contribution in [2.75, 3.05) is 6.54 Å². The fourth-order valence-electron chi connectivity index (χ4n) is 2.75. The van der Waals surface area contributed by atoms with Crippen LogP contribution in [0, 0.1) is 12.7 Å². The Labute approximate surface area is 163 Å². The van der Waals surface area contributed by atoms with E-state index in [1.165, 1.54) is 24.5 Å². The second kappa shape index (κ2) is 8.31. The summed E-state index contributed by atoms with van der Waals surface area (Å²) in [5.74, 6) is -0.896. The van der Waals surface area contributed by atoms with Gasteiger partial charge in [0.1, 0.15) is 11.1 Å². The summed E-state index contributed by atoms with van der Waals surface area (Å²) in [6, 6.07) is 14.9. The molecule has 3 rings (SSSR count). The van der Waals surface area contributed by atoms with Crippen LogP contribution in [0.15, 0.2) is 78.0 Å². The van der Waals surface area contributed by atoms with E-state index in [0.717, 1.165) is 17.7 Å². The first-order valence-electron chi connectivity index (χ1n) is 8.62. The highest BCUT2D eigenvalue weighted by atomic mass is 32.2. The molecule has 3 aromatic rings. The van der Waals surface area contributed by atoms with Crippen molar-refractivity contribution in [2.45, 2.75) is 17.1 Å². The number of nitrogens with one attached hydrogen (secondary N) is 1. The third kappa shape index (κ3) is 4.43. The number of sulfone groups is 1. The number of aromatic nitrogens is 1. The van der Waals surface area contributed by atoms with Gasteiger partial charge in [-0.2, -0.15) is 0 Å². The van der Waals surface area contributed by atoms with Crippen LogP contribution >= 0.6 is 0 Å². The van der Waals surface area contributed by atoms with Crippen LogP contribution in [0.4, 0.5) is 4.39 Å². The molecule has 0 saturated carbocycles. The fourth-order valence-corrected chi connectivity index (χ4v) is 4.40. The average Bonchev–Trinajstić information content (AvgIpc) is 2.69. The Hall–Kier alpha value is -3.06. The summed E-state index contributed by atoms with van der Waals surface area (Å²) in [6.07, 6.45) is 2.99. The minimum absolute atomic E-state index is 0.0210. The standard InChI is InChI=1S/C21H19FN2O3S/c1-15-4-6-16(7-5-15)21(25)24-14-20(17-3-2-12-23-13-17)28(26,27)19-10-8-18(22)9-11-19/h2-13,20H,14H2,1H3,(H,24,25)/t20-/m1/s1. The summed E-state index contributed by atoms with van der Waals surface area (Å²) in [7, 11) is -3.88. The van der Waals surface area contributed by atoms with E-state index in [9.17, 15) is 17.6 Å². The van der Waals surface area contributed by atoms with E-state index in [0.29, 0.717) is 11.1 Å². The lowest BCUT2D eigenvalue weighted by atomic mass is 10.1. The normalized spacial score (nSPS) is 12.4. The molecule has 0 saturated heterocycles. The number of nitrogens with zero attached hydrogens (tertiary/aromatic N) is 1. The van der Waals surface area contributed by atoms with Crippen molar-refractivity contribution in [3.8, 4) is 0 Å². The van der Waals surface area contributed by atoms with Crippen molar-refractivity contribution in [1.82, 2.24) is 10.3 Å². The average molecular weight is 398 g/mol. The summed E-state index contributed by atoms with van der Waals surface area (Å²) in [4.78, 5) is 16.4. The van der Waals surface area contributed by atoms with Gasteiger partial charge in [-0.1, -0.05) is 23.8 Å². The van der Waals surface area contributed by atoms with Crippen molar-refractivity contribution in [2.24, 2.45) is 0 Å². The van der Waals surface area contributed by atoms with E-state index in [1.54, 1.807) is 24.3 Å². The van der Waals surface area contributed by atoms with Crippen LogP contribution in [-0.4, -0.2) is 25.9 Å². The highest BCUT2D eigenvalue weighted by molar-refractivity contribution is 7.91. The van der Waals surface area contributed by atoms with Crippen LogP contribution in [0.3, 0.4) is 0 Å². The number of rotatable bonds is 6. The topological polar surface area (TPSA) is 76.1 Å². The van der Waals surface area contributed by atoms with Gasteiger partial charge in [0.15, 0.2) is 9.84 Å². The van der Waals surface area contributed by atoms with Crippen LogP contribution in [-0.2, 0) is 9.84 Å². The van der Waals surface area contributed by atoms with Gasteiger partial charge in [-0.15, -0.1) is 0 Å². The lowest BCUT2D eigenvalue weighted by Crippen LogP contribution is -2.32. The van der Waals surface area contributed by atoms with Gasteiger partial charge in [-0.05, 0) is 55.0 Å². The number of amides is 1. The van der Waals surface area contributed by atoms with Crippen molar-refractivity contribution in [3.05, 3.63) is 95.6 Å². The van der Waals surface area contributed by atoms with Crippen LogP contribution < -0.4 is 5.32 Å². The number of carbonyl (C=O) groups is 1. The smallest absolute Gasteiger partial charge is 0.251 e. The molecular formula is C21H19FN2O3S. The summed E-state index contributed by atoms with van der Waals surface area (Å²) >= 11 is 0. The predicted molar refractivity (Wildman–Crippen MR) is 104 cm³/mol. The molecule has 0 aliphatic heterocycles. The molecule has 144 valence electrons. The summed E-state index contributed by atoms with van der Waals surface area (Å²) in [5.41, 5.74) is 1.90. The molecule has 0 bridgehead atoms. The molecule has 0 radical (unpaired) electrons. The maximum atomic E-state index is 13.2. The van der Waals surface area contributed by atoms with Crippen LogP contribution in [0.2, 0.25) is 0 Å². The van der Waals surface area contributed by atoms with E-state index in [1.807, 2.05) is 19.1 Å². The molecule has 5 nitrogen and oxygen atoms in total. The molecular weight excluding hydrogens is 379 g/mol.